The summed E-state index contributed by atoms with van der Waals surface area (Å²) in [6.45, 7) is 2.54. The number of halogens is 2. The maximum Gasteiger partial charge on any atom is 0.261 e. The lowest BCUT2D eigenvalue weighted by molar-refractivity contribution is -0.134. The lowest BCUT2D eigenvalue weighted by Gasteiger charge is -2.38. The Morgan fingerprint density at radius 3 is 2.33 bits per heavy atom. The molecule has 186 valence electrons. The van der Waals surface area contributed by atoms with Gasteiger partial charge in [0.25, 0.3) is 5.91 Å². The van der Waals surface area contributed by atoms with Gasteiger partial charge in [0.15, 0.2) is 6.10 Å². The van der Waals surface area contributed by atoms with E-state index in [9.17, 15) is 18.4 Å². The van der Waals surface area contributed by atoms with Crippen molar-refractivity contribution in [1.29, 1.82) is 0 Å². The van der Waals surface area contributed by atoms with E-state index in [-0.39, 0.29) is 42.0 Å². The molecule has 36 heavy (non-hydrogen) atoms. The number of nitrogens with one attached hydrogen (secondary N) is 1. The topological polar surface area (TPSA) is 58.6 Å². The van der Waals surface area contributed by atoms with Gasteiger partial charge in [-0.1, -0.05) is 30.3 Å². The van der Waals surface area contributed by atoms with Crippen LogP contribution in [0.4, 0.5) is 8.78 Å². The monoisotopic (exact) mass is 490 g/mol. The summed E-state index contributed by atoms with van der Waals surface area (Å²) in [6, 6.07) is 17.6. The Labute approximate surface area is 209 Å². The highest BCUT2D eigenvalue weighted by atomic mass is 19.1. The van der Waals surface area contributed by atoms with Crippen molar-refractivity contribution >= 4 is 11.8 Å². The molecule has 2 unspecified atom stereocenters. The molecule has 5 nitrogen and oxygen atoms in total. The molecule has 2 amide bonds. The minimum absolute atomic E-state index is 0.0683. The number of rotatable bonds is 7. The third-order valence-electron chi connectivity index (χ3n) is 6.80. The molecule has 0 bridgehead atoms. The zero-order valence-electron chi connectivity index (χ0n) is 20.0. The van der Waals surface area contributed by atoms with Crippen molar-refractivity contribution in [2.24, 2.45) is 5.92 Å². The molecule has 0 radical (unpaired) electrons. The van der Waals surface area contributed by atoms with Crippen LogP contribution in [0.15, 0.2) is 66.7 Å². The molecule has 1 N–H and O–H groups in total. The van der Waals surface area contributed by atoms with Gasteiger partial charge in [0, 0.05) is 19.0 Å². The standard InChI is InChI=1S/C29H28F2N2O3/c1-18(28(34)32-17-19-2-9-23(30)10-3-19)36-25-13-8-20-14-15-33(29(35)22-4-5-22)27(26(20)16-25)21-6-11-24(31)12-7-21/h2-3,6-13,16,18,22,27H,4-5,14-15,17H2,1H3,(H,32,34). The van der Waals surface area contributed by atoms with Gasteiger partial charge < -0.3 is 15.0 Å². The lowest BCUT2D eigenvalue weighted by atomic mass is 9.87. The fourth-order valence-electron chi connectivity index (χ4n) is 4.67. The molecule has 0 saturated heterocycles. The molecular weight excluding hydrogens is 462 g/mol. The third kappa shape index (κ3) is 5.25. The van der Waals surface area contributed by atoms with Gasteiger partial charge in [0.05, 0.1) is 6.04 Å². The molecule has 2 aliphatic rings. The van der Waals surface area contributed by atoms with E-state index in [1.165, 1.54) is 24.3 Å². The summed E-state index contributed by atoms with van der Waals surface area (Å²) in [5, 5.41) is 2.81. The van der Waals surface area contributed by atoms with E-state index >= 15 is 0 Å². The second-order valence-corrected chi connectivity index (χ2v) is 9.47. The second-order valence-electron chi connectivity index (χ2n) is 9.47. The van der Waals surface area contributed by atoms with Crippen molar-refractivity contribution in [1.82, 2.24) is 10.2 Å². The van der Waals surface area contributed by atoms with Crippen LogP contribution in [0, 0.1) is 17.6 Å². The fourth-order valence-corrected chi connectivity index (χ4v) is 4.67. The number of benzene rings is 3. The first-order valence-electron chi connectivity index (χ1n) is 12.3. The number of fused-ring (bicyclic) bond motifs is 1. The van der Waals surface area contributed by atoms with Crippen molar-refractivity contribution in [3.05, 3.63) is 101 Å². The molecule has 5 rings (SSSR count). The van der Waals surface area contributed by atoms with Gasteiger partial charge in [0.1, 0.15) is 17.4 Å². The first-order valence-corrected chi connectivity index (χ1v) is 12.3. The van der Waals surface area contributed by atoms with Gasteiger partial charge in [-0.15, -0.1) is 0 Å². The third-order valence-corrected chi connectivity index (χ3v) is 6.80. The number of carbonyl (C=O) groups is 2. The predicted octanol–water partition coefficient (Wildman–Crippen LogP) is 4.93. The predicted molar refractivity (Wildman–Crippen MR) is 131 cm³/mol. The average molecular weight is 491 g/mol. The van der Waals surface area contributed by atoms with E-state index < -0.39 is 6.10 Å². The molecule has 1 fully saturated rings. The van der Waals surface area contributed by atoms with Gasteiger partial charge in [-0.3, -0.25) is 9.59 Å². The quantitative estimate of drug-likeness (QED) is 0.511. The second kappa shape index (κ2) is 10.1. The molecule has 1 aliphatic heterocycles. The van der Waals surface area contributed by atoms with Gasteiger partial charge in [0.2, 0.25) is 5.91 Å². The number of amides is 2. The number of ether oxygens (including phenoxy) is 1. The Bertz CT molecular complexity index is 1260. The molecule has 3 aromatic rings. The maximum absolute atomic E-state index is 13.7. The number of hydrogen-bond acceptors (Lipinski definition) is 3. The number of hydrogen-bond donors (Lipinski definition) is 1. The van der Waals surface area contributed by atoms with Crippen LogP contribution in [0.5, 0.6) is 5.75 Å². The summed E-state index contributed by atoms with van der Waals surface area (Å²) >= 11 is 0. The van der Waals surface area contributed by atoms with E-state index in [1.807, 2.05) is 23.1 Å². The molecule has 1 heterocycles. The van der Waals surface area contributed by atoms with E-state index in [1.54, 1.807) is 31.2 Å². The molecule has 1 saturated carbocycles. The number of nitrogens with zero attached hydrogens (tertiary/aromatic N) is 1. The molecule has 7 heteroatoms. The Morgan fingerprint density at radius 2 is 1.67 bits per heavy atom. The van der Waals surface area contributed by atoms with Gasteiger partial charge in [-0.25, -0.2) is 8.78 Å². The van der Waals surface area contributed by atoms with Crippen LogP contribution in [0.3, 0.4) is 0 Å². The summed E-state index contributed by atoms with van der Waals surface area (Å²) in [6.07, 6.45) is 1.78. The molecular formula is C29H28F2N2O3. The van der Waals surface area contributed by atoms with Gasteiger partial charge >= 0.3 is 0 Å². The molecule has 0 spiro atoms. The molecule has 3 aromatic carbocycles. The lowest BCUT2D eigenvalue weighted by Crippen LogP contribution is -2.41. The zero-order valence-corrected chi connectivity index (χ0v) is 20.0. The van der Waals surface area contributed by atoms with Crippen LogP contribution >= 0.6 is 0 Å². The number of carbonyl (C=O) groups excluding carboxylic acids is 2. The molecule has 1 aliphatic carbocycles. The Balaban J connectivity index is 1.35. The van der Waals surface area contributed by atoms with E-state index in [4.69, 9.17) is 4.74 Å². The summed E-state index contributed by atoms with van der Waals surface area (Å²) in [7, 11) is 0. The average Bonchev–Trinajstić information content (AvgIpc) is 3.73. The Kier molecular flexibility index (Phi) is 6.72. The van der Waals surface area contributed by atoms with Crippen molar-refractivity contribution in [2.45, 2.75) is 44.9 Å². The van der Waals surface area contributed by atoms with E-state index in [0.717, 1.165) is 41.5 Å². The smallest absolute Gasteiger partial charge is 0.261 e. The summed E-state index contributed by atoms with van der Waals surface area (Å²) in [5.74, 6) is -0.227. The molecule has 2 atom stereocenters. The molecule has 0 aromatic heterocycles. The van der Waals surface area contributed by atoms with Crippen LogP contribution < -0.4 is 10.1 Å². The van der Waals surface area contributed by atoms with Gasteiger partial charge in [-0.2, -0.15) is 0 Å². The zero-order chi connectivity index (χ0) is 25.2. The first-order chi connectivity index (χ1) is 17.4. The minimum Gasteiger partial charge on any atom is -0.481 e. The van der Waals surface area contributed by atoms with Crippen LogP contribution in [0.2, 0.25) is 0 Å². The summed E-state index contributed by atoms with van der Waals surface area (Å²) in [4.78, 5) is 27.6. The fraction of sp³-hybridized carbons (Fsp3) is 0.310. The van der Waals surface area contributed by atoms with Crippen LogP contribution in [-0.4, -0.2) is 29.4 Å². The van der Waals surface area contributed by atoms with Crippen LogP contribution in [-0.2, 0) is 22.6 Å². The highest BCUT2D eigenvalue weighted by Gasteiger charge is 2.39. The van der Waals surface area contributed by atoms with E-state index in [0.29, 0.717) is 12.3 Å². The Hall–Kier alpha value is -3.74. The first kappa shape index (κ1) is 24.0. The Morgan fingerprint density at radius 1 is 1.00 bits per heavy atom. The highest BCUT2D eigenvalue weighted by Crippen LogP contribution is 2.41. The normalized spacial score (nSPS) is 17.8. The van der Waals surface area contributed by atoms with Crippen molar-refractivity contribution in [3.63, 3.8) is 0 Å². The highest BCUT2D eigenvalue weighted by molar-refractivity contribution is 5.82. The minimum atomic E-state index is -0.763. The van der Waals surface area contributed by atoms with Crippen LogP contribution in [0.25, 0.3) is 0 Å². The van der Waals surface area contributed by atoms with E-state index in [2.05, 4.69) is 5.32 Å². The van der Waals surface area contributed by atoms with Crippen molar-refractivity contribution < 1.29 is 23.1 Å². The van der Waals surface area contributed by atoms with Crippen LogP contribution in [0.1, 0.15) is 48.1 Å². The maximum atomic E-state index is 13.7. The van der Waals surface area contributed by atoms with Crippen molar-refractivity contribution in [2.75, 3.05) is 6.54 Å². The van der Waals surface area contributed by atoms with Gasteiger partial charge in [-0.05, 0) is 84.8 Å². The summed E-state index contributed by atoms with van der Waals surface area (Å²) in [5.41, 5.74) is 3.66. The van der Waals surface area contributed by atoms with Crippen molar-refractivity contribution in [3.8, 4) is 5.75 Å². The largest absolute Gasteiger partial charge is 0.481 e. The summed E-state index contributed by atoms with van der Waals surface area (Å²) < 4.78 is 32.7. The SMILES string of the molecule is CC(Oc1ccc2c(c1)C(c1ccc(F)cc1)N(C(=O)C1CC1)CC2)C(=O)NCc1ccc(F)cc1.